The second-order valence-corrected chi connectivity index (χ2v) is 6.87. The van der Waals surface area contributed by atoms with Crippen molar-refractivity contribution in [3.8, 4) is 0 Å². The van der Waals surface area contributed by atoms with Crippen LogP contribution in [0, 0.1) is 0 Å². The first kappa shape index (κ1) is 16.4. The molecule has 0 bridgehead atoms. The Labute approximate surface area is 115 Å². The molecule has 0 atom stereocenters. The van der Waals surface area contributed by atoms with Crippen molar-refractivity contribution in [1.29, 1.82) is 0 Å². The fourth-order valence-electron chi connectivity index (χ4n) is 2.35. The zero-order chi connectivity index (χ0) is 14.3. The fraction of sp³-hybridized carbons (Fsp3) is 0.917. The molecule has 2 N–H and O–H groups in total. The van der Waals surface area contributed by atoms with Crippen LogP contribution < -0.4 is 4.72 Å². The first-order chi connectivity index (χ1) is 8.93. The van der Waals surface area contributed by atoms with Gasteiger partial charge in [0.05, 0.1) is 0 Å². The van der Waals surface area contributed by atoms with Crippen molar-refractivity contribution >= 4 is 16.2 Å². The lowest BCUT2D eigenvalue weighted by molar-refractivity contribution is -0.137. The molecule has 1 fully saturated rings. The fourth-order valence-corrected chi connectivity index (χ4v) is 3.55. The maximum absolute atomic E-state index is 12.0. The van der Waals surface area contributed by atoms with Crippen molar-refractivity contribution in [2.45, 2.75) is 57.4 Å². The molecule has 0 spiro atoms. The summed E-state index contributed by atoms with van der Waals surface area (Å²) in [6.07, 6.45) is 6.33. The number of hydrogen-bond acceptors (Lipinski definition) is 3. The summed E-state index contributed by atoms with van der Waals surface area (Å²) in [5.74, 6) is -0.845. The third-order valence-corrected chi connectivity index (χ3v) is 5.20. The predicted octanol–water partition coefficient (Wildman–Crippen LogP) is 1.34. The summed E-state index contributed by atoms with van der Waals surface area (Å²) in [5.41, 5.74) is 0. The van der Waals surface area contributed by atoms with Crippen LogP contribution in [-0.2, 0) is 15.0 Å². The summed E-state index contributed by atoms with van der Waals surface area (Å²) in [6.45, 7) is 0.298. The van der Waals surface area contributed by atoms with Crippen LogP contribution in [0.15, 0.2) is 0 Å². The molecule has 0 radical (unpaired) electrons. The highest BCUT2D eigenvalue weighted by Gasteiger charge is 2.26. The molecule has 0 amide bonds. The molecule has 0 unspecified atom stereocenters. The van der Waals surface area contributed by atoms with Crippen molar-refractivity contribution in [2.75, 3.05) is 13.6 Å². The molecule has 1 aliphatic carbocycles. The van der Waals surface area contributed by atoms with Crippen LogP contribution in [0.1, 0.15) is 51.4 Å². The minimum Gasteiger partial charge on any atom is -0.481 e. The van der Waals surface area contributed by atoms with Crippen molar-refractivity contribution in [2.24, 2.45) is 0 Å². The Hall–Kier alpha value is -0.660. The highest BCUT2D eigenvalue weighted by atomic mass is 32.2. The summed E-state index contributed by atoms with van der Waals surface area (Å²) in [4.78, 5) is 10.3. The first-order valence-corrected chi connectivity index (χ1v) is 8.32. The summed E-state index contributed by atoms with van der Waals surface area (Å²) in [6, 6.07) is 0.102. The molecule has 19 heavy (non-hydrogen) atoms. The third-order valence-electron chi connectivity index (χ3n) is 3.57. The van der Waals surface area contributed by atoms with Gasteiger partial charge in [0.15, 0.2) is 0 Å². The van der Waals surface area contributed by atoms with Gasteiger partial charge in [-0.15, -0.1) is 0 Å². The van der Waals surface area contributed by atoms with E-state index in [1.54, 1.807) is 7.05 Å². The Morgan fingerprint density at radius 2 is 1.89 bits per heavy atom. The molecule has 0 aromatic carbocycles. The average Bonchev–Trinajstić information content (AvgIpc) is 2.38. The van der Waals surface area contributed by atoms with Gasteiger partial charge in [-0.05, 0) is 25.7 Å². The van der Waals surface area contributed by atoms with Crippen LogP contribution in [-0.4, -0.2) is 43.4 Å². The lowest BCUT2D eigenvalue weighted by atomic mass is 9.96. The van der Waals surface area contributed by atoms with Crippen molar-refractivity contribution in [3.63, 3.8) is 0 Å². The summed E-state index contributed by atoms with van der Waals surface area (Å²) in [7, 11) is -1.80. The maximum Gasteiger partial charge on any atom is 0.303 e. The van der Waals surface area contributed by atoms with Crippen LogP contribution in [0.25, 0.3) is 0 Å². The van der Waals surface area contributed by atoms with Gasteiger partial charge in [0.25, 0.3) is 10.2 Å². The lowest BCUT2D eigenvalue weighted by Gasteiger charge is -2.30. The number of aliphatic carboxylic acids is 1. The maximum atomic E-state index is 12.0. The van der Waals surface area contributed by atoms with Crippen LogP contribution in [0.3, 0.4) is 0 Å². The molecular formula is C12H24N2O4S. The van der Waals surface area contributed by atoms with E-state index in [1.807, 2.05) is 0 Å². The van der Waals surface area contributed by atoms with Gasteiger partial charge in [0, 0.05) is 26.1 Å². The van der Waals surface area contributed by atoms with E-state index >= 15 is 0 Å². The number of hydrogen-bond donors (Lipinski definition) is 2. The summed E-state index contributed by atoms with van der Waals surface area (Å²) >= 11 is 0. The van der Waals surface area contributed by atoms with Gasteiger partial charge in [0.2, 0.25) is 0 Å². The van der Waals surface area contributed by atoms with Gasteiger partial charge < -0.3 is 5.11 Å². The molecular weight excluding hydrogens is 268 g/mol. The van der Waals surface area contributed by atoms with E-state index in [0.717, 1.165) is 25.7 Å². The zero-order valence-corrected chi connectivity index (χ0v) is 12.3. The Morgan fingerprint density at radius 1 is 1.26 bits per heavy atom. The molecule has 7 heteroatoms. The Kier molecular flexibility index (Phi) is 6.74. The molecule has 0 heterocycles. The van der Waals surface area contributed by atoms with Crippen molar-refractivity contribution < 1.29 is 18.3 Å². The first-order valence-electron chi connectivity index (χ1n) is 6.88. The molecule has 0 aromatic heterocycles. The third kappa shape index (κ3) is 5.88. The van der Waals surface area contributed by atoms with E-state index in [0.29, 0.717) is 19.4 Å². The number of rotatable bonds is 8. The van der Waals surface area contributed by atoms with Gasteiger partial charge >= 0.3 is 5.97 Å². The van der Waals surface area contributed by atoms with E-state index in [1.165, 1.54) is 10.7 Å². The largest absolute Gasteiger partial charge is 0.481 e. The number of carboxylic acid groups (broad SMARTS) is 1. The van der Waals surface area contributed by atoms with Gasteiger partial charge in [-0.25, -0.2) is 4.72 Å². The molecule has 1 saturated carbocycles. The van der Waals surface area contributed by atoms with Crippen molar-refractivity contribution in [3.05, 3.63) is 0 Å². The highest BCUT2D eigenvalue weighted by molar-refractivity contribution is 7.87. The van der Waals surface area contributed by atoms with E-state index in [4.69, 9.17) is 5.11 Å². The van der Waals surface area contributed by atoms with Gasteiger partial charge in [0.1, 0.15) is 0 Å². The van der Waals surface area contributed by atoms with E-state index < -0.39 is 16.2 Å². The smallest absolute Gasteiger partial charge is 0.303 e. The van der Waals surface area contributed by atoms with Gasteiger partial charge in [-0.2, -0.15) is 12.7 Å². The second-order valence-electron chi connectivity index (χ2n) is 5.06. The number of nitrogens with one attached hydrogen (secondary N) is 1. The molecule has 6 nitrogen and oxygen atoms in total. The van der Waals surface area contributed by atoms with Crippen LogP contribution in [0.4, 0.5) is 0 Å². The highest BCUT2D eigenvalue weighted by Crippen LogP contribution is 2.22. The Balaban J connectivity index is 2.31. The molecule has 1 aliphatic rings. The summed E-state index contributed by atoms with van der Waals surface area (Å²) in [5, 5.41) is 8.48. The molecule has 112 valence electrons. The minimum absolute atomic E-state index is 0.0835. The molecule has 0 saturated heterocycles. The monoisotopic (exact) mass is 292 g/mol. The Morgan fingerprint density at radius 3 is 2.47 bits per heavy atom. The molecule has 1 rings (SSSR count). The van der Waals surface area contributed by atoms with E-state index in [-0.39, 0.29) is 12.5 Å². The minimum atomic E-state index is -3.42. The quantitative estimate of drug-likeness (QED) is 0.661. The predicted molar refractivity (Wildman–Crippen MR) is 73.0 cm³/mol. The average molecular weight is 292 g/mol. The van der Waals surface area contributed by atoms with Gasteiger partial charge in [-0.3, -0.25) is 4.79 Å². The van der Waals surface area contributed by atoms with Crippen molar-refractivity contribution in [1.82, 2.24) is 9.03 Å². The van der Waals surface area contributed by atoms with Crippen LogP contribution >= 0.6 is 0 Å². The molecule has 0 aromatic rings. The lowest BCUT2D eigenvalue weighted by Crippen LogP contribution is -2.45. The SMILES string of the molecule is CN(C1CCCCC1)S(=O)(=O)NCCCCC(=O)O. The molecule has 0 aliphatic heterocycles. The standard InChI is InChI=1S/C12H24N2O4S/c1-14(11-7-3-2-4-8-11)19(17,18)13-10-6-5-9-12(15)16/h11,13H,2-10H2,1H3,(H,15,16). The zero-order valence-electron chi connectivity index (χ0n) is 11.5. The topological polar surface area (TPSA) is 86.7 Å². The number of carbonyl (C=O) groups is 1. The number of unbranched alkanes of at least 4 members (excludes halogenated alkanes) is 1. The normalized spacial score (nSPS) is 17.8. The number of nitrogens with zero attached hydrogens (tertiary/aromatic N) is 1. The van der Waals surface area contributed by atoms with E-state index in [2.05, 4.69) is 4.72 Å². The Bertz CT molecular complexity index is 377. The number of carboxylic acids is 1. The van der Waals surface area contributed by atoms with E-state index in [9.17, 15) is 13.2 Å². The van der Waals surface area contributed by atoms with Gasteiger partial charge in [-0.1, -0.05) is 19.3 Å². The van der Waals surface area contributed by atoms with Crippen LogP contribution in [0.5, 0.6) is 0 Å². The van der Waals surface area contributed by atoms with Crippen LogP contribution in [0.2, 0.25) is 0 Å². The summed E-state index contributed by atoms with van der Waals surface area (Å²) < 4.78 is 28.0. The second kappa shape index (κ2) is 7.81.